The summed E-state index contributed by atoms with van der Waals surface area (Å²) in [6, 6.07) is 8.77. The molecule has 0 spiro atoms. The number of halogens is 1. The van der Waals surface area contributed by atoms with Crippen molar-refractivity contribution in [3.8, 4) is 0 Å². The maximum Gasteiger partial charge on any atom is 0.191 e. The fourth-order valence-electron chi connectivity index (χ4n) is 3.15. The molecule has 1 fully saturated rings. The van der Waals surface area contributed by atoms with Gasteiger partial charge in [-0.1, -0.05) is 31.4 Å². The van der Waals surface area contributed by atoms with Gasteiger partial charge in [-0.05, 0) is 25.0 Å². The molecule has 0 radical (unpaired) electrons. The third-order valence-corrected chi connectivity index (χ3v) is 4.46. The summed E-state index contributed by atoms with van der Waals surface area (Å²) in [4.78, 5) is 9.02. The quantitative estimate of drug-likeness (QED) is 0.450. The lowest BCUT2D eigenvalue weighted by Gasteiger charge is -2.24. The number of rotatable bonds is 3. The van der Waals surface area contributed by atoms with Gasteiger partial charge in [0.2, 0.25) is 0 Å². The number of hydrogen-bond acceptors (Lipinski definition) is 2. The molecular formula is C17H26IN5. The van der Waals surface area contributed by atoms with Crippen LogP contribution in [0.15, 0.2) is 29.3 Å². The number of nitrogens with one attached hydrogen (secondary N) is 2. The molecule has 126 valence electrons. The number of benzene rings is 1. The van der Waals surface area contributed by atoms with Crippen LogP contribution >= 0.6 is 24.0 Å². The molecule has 1 aromatic carbocycles. The van der Waals surface area contributed by atoms with E-state index in [1.165, 1.54) is 32.1 Å². The summed E-state index contributed by atoms with van der Waals surface area (Å²) in [6.45, 7) is 0.678. The van der Waals surface area contributed by atoms with Crippen molar-refractivity contribution in [3.63, 3.8) is 0 Å². The topological polar surface area (TPSA) is 54.2 Å². The number of hydrogen-bond donors (Lipinski definition) is 2. The molecule has 1 aliphatic carbocycles. The number of guanidine groups is 1. The Morgan fingerprint density at radius 2 is 2.00 bits per heavy atom. The van der Waals surface area contributed by atoms with E-state index in [1.54, 1.807) is 0 Å². The Morgan fingerprint density at radius 3 is 2.70 bits per heavy atom. The maximum absolute atomic E-state index is 4.68. The van der Waals surface area contributed by atoms with E-state index in [-0.39, 0.29) is 24.0 Å². The Kier molecular flexibility index (Phi) is 6.68. The minimum atomic E-state index is 0. The molecule has 6 heteroatoms. The van der Waals surface area contributed by atoms with E-state index in [9.17, 15) is 0 Å². The Balaban J connectivity index is 0.00000192. The predicted octanol–water partition coefficient (Wildman–Crippen LogP) is 3.19. The van der Waals surface area contributed by atoms with Crippen LogP contribution in [0, 0.1) is 0 Å². The van der Waals surface area contributed by atoms with Gasteiger partial charge >= 0.3 is 0 Å². The van der Waals surface area contributed by atoms with Gasteiger partial charge in [0.05, 0.1) is 17.6 Å². The van der Waals surface area contributed by atoms with E-state index in [2.05, 4.69) is 38.3 Å². The highest BCUT2D eigenvalue weighted by atomic mass is 127. The van der Waals surface area contributed by atoms with Crippen LogP contribution in [0.1, 0.15) is 37.9 Å². The number of imidazole rings is 1. The van der Waals surface area contributed by atoms with Crippen LogP contribution in [-0.2, 0) is 13.6 Å². The van der Waals surface area contributed by atoms with Crippen LogP contribution in [-0.4, -0.2) is 28.6 Å². The van der Waals surface area contributed by atoms with Gasteiger partial charge in [-0.25, -0.2) is 4.98 Å². The third-order valence-electron chi connectivity index (χ3n) is 4.46. The summed E-state index contributed by atoms with van der Waals surface area (Å²) >= 11 is 0. The summed E-state index contributed by atoms with van der Waals surface area (Å²) < 4.78 is 2.14. The molecule has 23 heavy (non-hydrogen) atoms. The zero-order valence-electron chi connectivity index (χ0n) is 13.9. The fourth-order valence-corrected chi connectivity index (χ4v) is 3.15. The molecule has 1 aliphatic rings. The minimum absolute atomic E-state index is 0. The Labute approximate surface area is 155 Å². The molecule has 3 rings (SSSR count). The van der Waals surface area contributed by atoms with Gasteiger partial charge < -0.3 is 15.2 Å². The molecule has 1 aromatic heterocycles. The smallest absolute Gasteiger partial charge is 0.191 e. The number of fused-ring (bicyclic) bond motifs is 1. The highest BCUT2D eigenvalue weighted by Crippen LogP contribution is 2.17. The van der Waals surface area contributed by atoms with E-state index in [0.29, 0.717) is 12.6 Å². The van der Waals surface area contributed by atoms with Crippen molar-refractivity contribution in [2.24, 2.45) is 12.0 Å². The third kappa shape index (κ3) is 4.37. The molecule has 0 amide bonds. The highest BCUT2D eigenvalue weighted by molar-refractivity contribution is 14.0. The monoisotopic (exact) mass is 427 g/mol. The first kappa shape index (κ1) is 18.0. The molecule has 5 nitrogen and oxygen atoms in total. The minimum Gasteiger partial charge on any atom is -0.354 e. The first-order valence-corrected chi connectivity index (χ1v) is 8.15. The number of aliphatic imine (C=N–C) groups is 1. The fraction of sp³-hybridized carbons (Fsp3) is 0.529. The SMILES string of the molecule is CN=C(NCc1nc2ccccc2n1C)NC1CCCCC1.I. The van der Waals surface area contributed by atoms with Crippen molar-refractivity contribution in [1.29, 1.82) is 0 Å². The van der Waals surface area contributed by atoms with Crippen LogP contribution in [0.2, 0.25) is 0 Å². The van der Waals surface area contributed by atoms with E-state index in [1.807, 2.05) is 25.2 Å². The lowest BCUT2D eigenvalue weighted by Crippen LogP contribution is -2.44. The van der Waals surface area contributed by atoms with Crippen molar-refractivity contribution in [2.75, 3.05) is 7.05 Å². The molecule has 2 N–H and O–H groups in total. The van der Waals surface area contributed by atoms with Gasteiger partial charge in [0.25, 0.3) is 0 Å². The average Bonchev–Trinajstić information content (AvgIpc) is 2.89. The van der Waals surface area contributed by atoms with Crippen molar-refractivity contribution >= 4 is 41.0 Å². The number of para-hydroxylation sites is 2. The lowest BCUT2D eigenvalue weighted by molar-refractivity contribution is 0.410. The first-order chi connectivity index (χ1) is 10.8. The Bertz CT molecular complexity index is 658. The summed E-state index contributed by atoms with van der Waals surface area (Å²) in [7, 11) is 3.89. The van der Waals surface area contributed by atoms with Gasteiger partial charge in [-0.3, -0.25) is 4.99 Å². The first-order valence-electron chi connectivity index (χ1n) is 8.15. The zero-order chi connectivity index (χ0) is 15.4. The van der Waals surface area contributed by atoms with Crippen molar-refractivity contribution in [3.05, 3.63) is 30.1 Å². The van der Waals surface area contributed by atoms with Crippen molar-refractivity contribution < 1.29 is 0 Å². The van der Waals surface area contributed by atoms with E-state index < -0.39 is 0 Å². The van der Waals surface area contributed by atoms with Crippen LogP contribution in [0.4, 0.5) is 0 Å². The normalized spacial score (nSPS) is 16.2. The number of nitrogens with zero attached hydrogens (tertiary/aromatic N) is 3. The van der Waals surface area contributed by atoms with Gasteiger partial charge in [-0.2, -0.15) is 0 Å². The Hall–Kier alpha value is -1.31. The Morgan fingerprint density at radius 1 is 1.26 bits per heavy atom. The van der Waals surface area contributed by atoms with Gasteiger partial charge in [0.1, 0.15) is 5.82 Å². The molecule has 0 atom stereocenters. The molecule has 1 heterocycles. The van der Waals surface area contributed by atoms with Crippen LogP contribution in [0.3, 0.4) is 0 Å². The van der Waals surface area contributed by atoms with E-state index >= 15 is 0 Å². The van der Waals surface area contributed by atoms with Gasteiger partial charge in [-0.15, -0.1) is 24.0 Å². The average molecular weight is 427 g/mol. The molecule has 0 unspecified atom stereocenters. The second kappa shape index (κ2) is 8.52. The lowest BCUT2D eigenvalue weighted by atomic mass is 9.96. The standard InChI is InChI=1S/C17H25N5.HI/c1-18-17(20-13-8-4-3-5-9-13)19-12-16-21-14-10-6-7-11-15(14)22(16)2;/h6-7,10-11,13H,3-5,8-9,12H2,1-2H3,(H2,18,19,20);1H. The van der Waals surface area contributed by atoms with E-state index in [4.69, 9.17) is 0 Å². The summed E-state index contributed by atoms with van der Waals surface area (Å²) in [5.41, 5.74) is 2.20. The van der Waals surface area contributed by atoms with Crippen LogP contribution in [0.25, 0.3) is 11.0 Å². The molecule has 2 aromatic rings. The van der Waals surface area contributed by atoms with Crippen molar-refractivity contribution in [2.45, 2.75) is 44.7 Å². The van der Waals surface area contributed by atoms with Crippen LogP contribution < -0.4 is 10.6 Å². The second-order valence-corrected chi connectivity index (χ2v) is 5.98. The molecule has 0 saturated heterocycles. The molecule has 0 bridgehead atoms. The van der Waals surface area contributed by atoms with Gasteiger partial charge in [0, 0.05) is 20.1 Å². The molecule has 1 saturated carbocycles. The largest absolute Gasteiger partial charge is 0.354 e. The van der Waals surface area contributed by atoms with Crippen LogP contribution in [0.5, 0.6) is 0 Å². The van der Waals surface area contributed by atoms with E-state index in [0.717, 1.165) is 22.8 Å². The summed E-state index contributed by atoms with van der Waals surface area (Å²) in [5.74, 6) is 1.90. The second-order valence-electron chi connectivity index (χ2n) is 5.98. The number of aryl methyl sites for hydroxylation is 1. The predicted molar refractivity (Wildman–Crippen MR) is 106 cm³/mol. The van der Waals surface area contributed by atoms with Gasteiger partial charge in [0.15, 0.2) is 5.96 Å². The molecular weight excluding hydrogens is 401 g/mol. The number of aromatic nitrogens is 2. The zero-order valence-corrected chi connectivity index (χ0v) is 16.2. The molecule has 0 aliphatic heterocycles. The maximum atomic E-state index is 4.68. The summed E-state index contributed by atoms with van der Waals surface area (Å²) in [5, 5.41) is 6.92. The highest BCUT2D eigenvalue weighted by Gasteiger charge is 2.15. The summed E-state index contributed by atoms with van der Waals surface area (Å²) in [6.07, 6.45) is 6.49. The van der Waals surface area contributed by atoms with Crippen molar-refractivity contribution in [1.82, 2.24) is 20.2 Å².